The topological polar surface area (TPSA) is 70.5 Å². The summed E-state index contributed by atoms with van der Waals surface area (Å²) in [7, 11) is 0. The molecule has 2 aromatic rings. The van der Waals surface area contributed by atoms with E-state index in [1.165, 1.54) is 5.56 Å². The minimum atomic E-state index is 0.293. The first-order valence-electron chi connectivity index (χ1n) is 9.94. The summed E-state index contributed by atoms with van der Waals surface area (Å²) in [6.07, 6.45) is 8.63. The van der Waals surface area contributed by atoms with Crippen molar-refractivity contribution < 1.29 is 9.84 Å². The average molecular weight is 368 g/mol. The SMILES string of the molecule is Oc1cccc(C2CCN(Cc3cnc(NC[C@H]4CCCO4)nc3)CC2)c1. The highest BCUT2D eigenvalue weighted by Crippen LogP contribution is 2.30. The first kappa shape index (κ1) is 18.2. The Morgan fingerprint density at radius 2 is 1.96 bits per heavy atom. The van der Waals surface area contributed by atoms with Crippen LogP contribution in [0.15, 0.2) is 36.7 Å². The van der Waals surface area contributed by atoms with Gasteiger partial charge in [-0.2, -0.15) is 0 Å². The molecule has 6 nitrogen and oxygen atoms in total. The molecular formula is C21H28N4O2. The van der Waals surface area contributed by atoms with Crippen molar-refractivity contribution in [3.8, 4) is 5.75 Å². The second kappa shape index (κ2) is 8.67. The second-order valence-electron chi connectivity index (χ2n) is 7.58. The number of hydrogen-bond donors (Lipinski definition) is 2. The highest BCUT2D eigenvalue weighted by molar-refractivity contribution is 5.30. The molecule has 0 amide bonds. The second-order valence-corrected chi connectivity index (χ2v) is 7.58. The van der Waals surface area contributed by atoms with Crippen LogP contribution in [-0.2, 0) is 11.3 Å². The van der Waals surface area contributed by atoms with E-state index in [2.05, 4.69) is 26.3 Å². The van der Waals surface area contributed by atoms with E-state index in [0.717, 1.165) is 64.0 Å². The van der Waals surface area contributed by atoms with Crippen LogP contribution >= 0.6 is 0 Å². The van der Waals surface area contributed by atoms with E-state index in [1.54, 1.807) is 6.07 Å². The molecule has 3 heterocycles. The number of likely N-dealkylation sites (tertiary alicyclic amines) is 1. The molecule has 0 bridgehead atoms. The van der Waals surface area contributed by atoms with Gasteiger partial charge in [-0.25, -0.2) is 9.97 Å². The van der Waals surface area contributed by atoms with Crippen molar-refractivity contribution in [2.24, 2.45) is 0 Å². The summed E-state index contributed by atoms with van der Waals surface area (Å²) in [5.74, 6) is 1.58. The van der Waals surface area contributed by atoms with Gasteiger partial charge in [0, 0.05) is 37.7 Å². The number of ether oxygens (including phenoxy) is 1. The Morgan fingerprint density at radius 1 is 1.15 bits per heavy atom. The fourth-order valence-corrected chi connectivity index (χ4v) is 4.00. The minimum absolute atomic E-state index is 0.293. The highest BCUT2D eigenvalue weighted by Gasteiger charge is 2.21. The fourth-order valence-electron chi connectivity index (χ4n) is 4.00. The van der Waals surface area contributed by atoms with Crippen LogP contribution in [0.5, 0.6) is 5.75 Å². The molecule has 2 saturated heterocycles. The van der Waals surface area contributed by atoms with Crippen molar-refractivity contribution >= 4 is 5.95 Å². The quantitative estimate of drug-likeness (QED) is 0.816. The monoisotopic (exact) mass is 368 g/mol. The van der Waals surface area contributed by atoms with Gasteiger partial charge in [0.1, 0.15) is 5.75 Å². The molecule has 6 heteroatoms. The minimum Gasteiger partial charge on any atom is -0.508 e. The summed E-state index contributed by atoms with van der Waals surface area (Å²) in [5.41, 5.74) is 2.40. The molecule has 1 aromatic carbocycles. The molecule has 2 aliphatic heterocycles. The standard InChI is InChI=1S/C21H28N4O2/c26-19-4-1-3-18(11-19)17-6-8-25(9-7-17)15-16-12-22-21(23-13-16)24-14-20-5-2-10-27-20/h1,3-4,11-13,17,20,26H,2,5-10,14-15H2,(H,22,23,24)/t20-/m1/s1. The van der Waals surface area contributed by atoms with E-state index in [0.29, 0.717) is 23.7 Å². The number of nitrogens with one attached hydrogen (secondary N) is 1. The maximum Gasteiger partial charge on any atom is 0.222 e. The van der Waals surface area contributed by atoms with Gasteiger partial charge in [0.15, 0.2) is 0 Å². The summed E-state index contributed by atoms with van der Waals surface area (Å²) in [6, 6.07) is 7.69. The molecule has 0 saturated carbocycles. The third kappa shape index (κ3) is 4.96. The van der Waals surface area contributed by atoms with Gasteiger partial charge in [-0.15, -0.1) is 0 Å². The van der Waals surface area contributed by atoms with Gasteiger partial charge in [0.05, 0.1) is 6.10 Å². The molecule has 2 aliphatic rings. The van der Waals surface area contributed by atoms with Crippen molar-refractivity contribution in [2.45, 2.75) is 44.2 Å². The van der Waals surface area contributed by atoms with E-state index in [-0.39, 0.29) is 0 Å². The van der Waals surface area contributed by atoms with Crippen LogP contribution in [0.2, 0.25) is 0 Å². The van der Waals surface area contributed by atoms with Crippen LogP contribution in [0.3, 0.4) is 0 Å². The molecular weight excluding hydrogens is 340 g/mol. The number of rotatable bonds is 6. The Balaban J connectivity index is 1.24. The number of phenolic OH excluding ortho intramolecular Hbond substituents is 1. The molecule has 0 radical (unpaired) electrons. The molecule has 1 atom stereocenters. The lowest BCUT2D eigenvalue weighted by atomic mass is 9.89. The van der Waals surface area contributed by atoms with Gasteiger partial charge in [0.2, 0.25) is 5.95 Å². The van der Waals surface area contributed by atoms with Crippen LogP contribution < -0.4 is 5.32 Å². The molecule has 27 heavy (non-hydrogen) atoms. The van der Waals surface area contributed by atoms with Gasteiger partial charge in [0.25, 0.3) is 0 Å². The lowest BCUT2D eigenvalue weighted by Crippen LogP contribution is -2.32. The Labute approximate surface area is 160 Å². The number of nitrogens with zero attached hydrogens (tertiary/aromatic N) is 3. The maximum absolute atomic E-state index is 9.68. The zero-order valence-electron chi connectivity index (χ0n) is 15.7. The largest absolute Gasteiger partial charge is 0.508 e. The van der Waals surface area contributed by atoms with Crippen LogP contribution in [-0.4, -0.2) is 52.3 Å². The van der Waals surface area contributed by atoms with Crippen molar-refractivity contribution in [3.05, 3.63) is 47.8 Å². The van der Waals surface area contributed by atoms with Gasteiger partial charge in [-0.3, -0.25) is 4.90 Å². The third-order valence-electron chi connectivity index (χ3n) is 5.55. The molecule has 0 unspecified atom stereocenters. The zero-order valence-corrected chi connectivity index (χ0v) is 15.7. The van der Waals surface area contributed by atoms with Crippen molar-refractivity contribution in [2.75, 3.05) is 31.6 Å². The van der Waals surface area contributed by atoms with Crippen LogP contribution in [0, 0.1) is 0 Å². The number of aromatic nitrogens is 2. The molecule has 2 fully saturated rings. The Morgan fingerprint density at radius 3 is 2.67 bits per heavy atom. The lowest BCUT2D eigenvalue weighted by molar-refractivity contribution is 0.120. The number of hydrogen-bond acceptors (Lipinski definition) is 6. The summed E-state index contributed by atoms with van der Waals surface area (Å²) in [4.78, 5) is 11.3. The van der Waals surface area contributed by atoms with Crippen LogP contribution in [0.1, 0.15) is 42.7 Å². The van der Waals surface area contributed by atoms with Crippen LogP contribution in [0.4, 0.5) is 5.95 Å². The van der Waals surface area contributed by atoms with E-state index in [4.69, 9.17) is 4.74 Å². The molecule has 4 rings (SSSR count). The van der Waals surface area contributed by atoms with Crippen molar-refractivity contribution in [1.82, 2.24) is 14.9 Å². The van der Waals surface area contributed by atoms with Gasteiger partial charge in [-0.1, -0.05) is 12.1 Å². The first-order chi connectivity index (χ1) is 13.3. The Hall–Kier alpha value is -2.18. The number of benzene rings is 1. The Kier molecular flexibility index (Phi) is 5.84. The highest BCUT2D eigenvalue weighted by atomic mass is 16.5. The molecule has 2 N–H and O–H groups in total. The first-order valence-corrected chi connectivity index (χ1v) is 9.94. The third-order valence-corrected chi connectivity index (χ3v) is 5.55. The average Bonchev–Trinajstić information content (AvgIpc) is 3.22. The molecule has 1 aromatic heterocycles. The van der Waals surface area contributed by atoms with E-state index in [1.807, 2.05) is 24.5 Å². The molecule has 0 spiro atoms. The summed E-state index contributed by atoms with van der Waals surface area (Å²) >= 11 is 0. The normalized spacial score (nSPS) is 21.4. The van der Waals surface area contributed by atoms with Crippen molar-refractivity contribution in [3.63, 3.8) is 0 Å². The smallest absolute Gasteiger partial charge is 0.222 e. The number of aromatic hydroxyl groups is 1. The number of piperidine rings is 1. The maximum atomic E-state index is 9.68. The van der Waals surface area contributed by atoms with Crippen LogP contribution in [0.25, 0.3) is 0 Å². The zero-order chi connectivity index (χ0) is 18.5. The van der Waals surface area contributed by atoms with E-state index in [9.17, 15) is 5.11 Å². The van der Waals surface area contributed by atoms with Gasteiger partial charge < -0.3 is 15.2 Å². The lowest BCUT2D eigenvalue weighted by Gasteiger charge is -2.32. The Bertz CT molecular complexity index is 723. The molecule has 0 aliphatic carbocycles. The van der Waals surface area contributed by atoms with Crippen molar-refractivity contribution in [1.29, 1.82) is 0 Å². The predicted octanol–water partition coefficient (Wildman–Crippen LogP) is 3.15. The number of phenols is 1. The predicted molar refractivity (Wildman–Crippen MR) is 105 cm³/mol. The van der Waals surface area contributed by atoms with Gasteiger partial charge >= 0.3 is 0 Å². The summed E-state index contributed by atoms with van der Waals surface area (Å²) in [5, 5.41) is 12.9. The van der Waals surface area contributed by atoms with E-state index >= 15 is 0 Å². The molecule has 144 valence electrons. The van der Waals surface area contributed by atoms with Gasteiger partial charge in [-0.05, 0) is 62.4 Å². The van der Waals surface area contributed by atoms with E-state index < -0.39 is 0 Å². The summed E-state index contributed by atoms with van der Waals surface area (Å²) in [6.45, 7) is 4.65. The summed E-state index contributed by atoms with van der Waals surface area (Å²) < 4.78 is 5.61. The number of anilines is 1. The fraction of sp³-hybridized carbons (Fsp3) is 0.524.